The first-order valence-electron chi connectivity index (χ1n) is 5.37. The predicted octanol–water partition coefficient (Wildman–Crippen LogP) is -0.349. The van der Waals surface area contributed by atoms with Crippen LogP contribution in [0.2, 0.25) is 0 Å². The van der Waals surface area contributed by atoms with Crippen LogP contribution in [0.25, 0.3) is 0 Å². The second-order valence-electron chi connectivity index (χ2n) is 4.10. The van der Waals surface area contributed by atoms with Crippen LogP contribution >= 0.6 is 0 Å². The zero-order chi connectivity index (χ0) is 13.9. The topological polar surface area (TPSA) is 114 Å². The summed E-state index contributed by atoms with van der Waals surface area (Å²) in [4.78, 5) is 28.1. The maximum Gasteiger partial charge on any atom is 0.267 e. The second kappa shape index (κ2) is 5.35. The minimum Gasteiger partial charge on any atom is -0.396 e. The first-order valence-corrected chi connectivity index (χ1v) is 5.37. The van der Waals surface area contributed by atoms with E-state index < -0.39 is 11.9 Å². The Bertz CT molecular complexity index is 473. The van der Waals surface area contributed by atoms with E-state index in [2.05, 4.69) is 10.3 Å². The van der Waals surface area contributed by atoms with Crippen molar-refractivity contribution in [1.29, 1.82) is 0 Å². The summed E-state index contributed by atoms with van der Waals surface area (Å²) in [5.74, 6) is -0.501. The molecule has 1 heterocycles. The zero-order valence-corrected chi connectivity index (χ0v) is 10.6. The average molecular weight is 251 g/mol. The third-order valence-electron chi connectivity index (χ3n) is 2.34. The summed E-state index contributed by atoms with van der Waals surface area (Å²) in [6.07, 6.45) is 0. The lowest BCUT2D eigenvalue weighted by Gasteiger charge is -2.19. The Hall–Kier alpha value is -2.31. The normalized spacial score (nSPS) is 11.7. The van der Waals surface area contributed by atoms with Crippen LogP contribution in [0.5, 0.6) is 0 Å². The van der Waals surface area contributed by atoms with E-state index in [0.29, 0.717) is 5.69 Å². The number of pyridine rings is 1. The van der Waals surface area contributed by atoms with Crippen LogP contribution < -0.4 is 16.8 Å². The lowest BCUT2D eigenvalue weighted by Crippen LogP contribution is -2.37. The fraction of sp³-hybridized carbons (Fsp3) is 0.364. The molecule has 18 heavy (non-hydrogen) atoms. The van der Waals surface area contributed by atoms with Gasteiger partial charge in [0.15, 0.2) is 5.82 Å². The second-order valence-corrected chi connectivity index (χ2v) is 4.10. The molecule has 7 nitrogen and oxygen atoms in total. The number of rotatable bonds is 4. The number of nitrogens with one attached hydrogen (secondary N) is 1. The molecular weight excluding hydrogens is 234 g/mol. The highest BCUT2D eigenvalue weighted by Gasteiger charge is 2.17. The average Bonchev–Trinajstić information content (AvgIpc) is 2.30. The summed E-state index contributed by atoms with van der Waals surface area (Å²) in [5, 5.41) is 2.85. The molecular formula is C11H17N5O2. The number of carbonyl (C=O) groups excluding carboxylic acids is 2. The lowest BCUT2D eigenvalue weighted by atomic mass is 10.2. The molecule has 0 fully saturated rings. The van der Waals surface area contributed by atoms with Crippen molar-refractivity contribution in [2.24, 2.45) is 5.73 Å². The van der Waals surface area contributed by atoms with Crippen LogP contribution in [-0.4, -0.2) is 41.8 Å². The Labute approximate surface area is 105 Å². The molecule has 2 amide bonds. The van der Waals surface area contributed by atoms with Gasteiger partial charge in [0.05, 0.1) is 5.69 Å². The monoisotopic (exact) mass is 251 g/mol. The molecule has 5 N–H and O–H groups in total. The van der Waals surface area contributed by atoms with Crippen molar-refractivity contribution in [1.82, 2.24) is 9.88 Å². The summed E-state index contributed by atoms with van der Waals surface area (Å²) in [7, 11) is 3.30. The van der Waals surface area contributed by atoms with Crippen LogP contribution in [-0.2, 0) is 4.79 Å². The first-order chi connectivity index (χ1) is 8.32. The Morgan fingerprint density at radius 2 is 2.00 bits per heavy atom. The van der Waals surface area contributed by atoms with Crippen molar-refractivity contribution in [2.75, 3.05) is 25.1 Å². The maximum atomic E-state index is 11.7. The van der Waals surface area contributed by atoms with Crippen molar-refractivity contribution in [3.05, 3.63) is 17.8 Å². The van der Waals surface area contributed by atoms with Crippen LogP contribution in [0.4, 0.5) is 11.5 Å². The Kier molecular flexibility index (Phi) is 4.09. The zero-order valence-electron chi connectivity index (χ0n) is 10.6. The number of carbonyl (C=O) groups is 2. The minimum absolute atomic E-state index is 0.0937. The molecule has 1 atom stereocenters. The van der Waals surface area contributed by atoms with E-state index in [-0.39, 0.29) is 17.4 Å². The molecule has 7 heteroatoms. The molecule has 1 aromatic heterocycles. The quantitative estimate of drug-likeness (QED) is 0.676. The number of hydrogen-bond donors (Lipinski definition) is 3. The van der Waals surface area contributed by atoms with E-state index in [4.69, 9.17) is 11.5 Å². The molecule has 0 aromatic carbocycles. The number of anilines is 2. The Balaban J connectivity index is 2.93. The third kappa shape index (κ3) is 3.09. The number of amides is 2. The molecule has 0 aliphatic heterocycles. The highest BCUT2D eigenvalue weighted by atomic mass is 16.2. The number of primary amides is 1. The third-order valence-corrected chi connectivity index (χ3v) is 2.34. The van der Waals surface area contributed by atoms with Gasteiger partial charge in [-0.3, -0.25) is 9.59 Å². The lowest BCUT2D eigenvalue weighted by molar-refractivity contribution is -0.129. The Morgan fingerprint density at radius 3 is 2.50 bits per heavy atom. The predicted molar refractivity (Wildman–Crippen MR) is 68.9 cm³/mol. The number of nitrogen functional groups attached to an aromatic ring is 1. The summed E-state index contributed by atoms with van der Waals surface area (Å²) in [6.45, 7) is 1.68. The molecule has 1 aromatic rings. The molecule has 0 aliphatic carbocycles. The SMILES string of the molecule is CC(Nc1nc(C(N)=O)ccc1N)C(=O)N(C)C. The summed E-state index contributed by atoms with van der Waals surface area (Å²) >= 11 is 0. The van der Waals surface area contributed by atoms with Gasteiger partial charge in [-0.05, 0) is 19.1 Å². The highest BCUT2D eigenvalue weighted by molar-refractivity contribution is 5.92. The molecule has 1 rings (SSSR count). The van der Waals surface area contributed by atoms with Gasteiger partial charge in [-0.1, -0.05) is 0 Å². The van der Waals surface area contributed by atoms with Crippen LogP contribution in [0.1, 0.15) is 17.4 Å². The summed E-state index contributed by atoms with van der Waals surface area (Å²) < 4.78 is 0. The van der Waals surface area contributed by atoms with Crippen molar-refractivity contribution in [3.8, 4) is 0 Å². The molecule has 0 radical (unpaired) electrons. The molecule has 0 aliphatic rings. The number of nitrogens with two attached hydrogens (primary N) is 2. The van der Waals surface area contributed by atoms with Gasteiger partial charge in [0, 0.05) is 14.1 Å². The summed E-state index contributed by atoms with van der Waals surface area (Å²) in [5.41, 5.74) is 11.3. The van der Waals surface area contributed by atoms with Gasteiger partial charge < -0.3 is 21.7 Å². The van der Waals surface area contributed by atoms with E-state index in [1.807, 2.05) is 0 Å². The maximum absolute atomic E-state index is 11.7. The van der Waals surface area contributed by atoms with Gasteiger partial charge in [-0.25, -0.2) is 4.98 Å². The van der Waals surface area contributed by atoms with Gasteiger partial charge >= 0.3 is 0 Å². The van der Waals surface area contributed by atoms with Crippen LogP contribution in [0.15, 0.2) is 12.1 Å². The van der Waals surface area contributed by atoms with Crippen molar-refractivity contribution < 1.29 is 9.59 Å². The van der Waals surface area contributed by atoms with Gasteiger partial charge in [-0.15, -0.1) is 0 Å². The van der Waals surface area contributed by atoms with E-state index in [1.54, 1.807) is 21.0 Å². The first kappa shape index (κ1) is 13.8. The van der Waals surface area contributed by atoms with E-state index >= 15 is 0 Å². The molecule has 0 saturated carbocycles. The number of nitrogens with zero attached hydrogens (tertiary/aromatic N) is 2. The van der Waals surface area contributed by atoms with Crippen LogP contribution in [0, 0.1) is 0 Å². The van der Waals surface area contributed by atoms with Gasteiger partial charge in [0.25, 0.3) is 5.91 Å². The van der Waals surface area contributed by atoms with E-state index in [1.165, 1.54) is 17.0 Å². The fourth-order valence-electron chi connectivity index (χ4n) is 1.38. The molecule has 0 spiro atoms. The van der Waals surface area contributed by atoms with Gasteiger partial charge in [0.2, 0.25) is 5.91 Å². The van der Waals surface area contributed by atoms with Crippen LogP contribution in [0.3, 0.4) is 0 Å². The van der Waals surface area contributed by atoms with Crippen molar-refractivity contribution >= 4 is 23.3 Å². The Morgan fingerprint density at radius 1 is 1.39 bits per heavy atom. The number of hydrogen-bond acceptors (Lipinski definition) is 5. The van der Waals surface area contributed by atoms with E-state index in [9.17, 15) is 9.59 Å². The number of likely N-dealkylation sites (N-methyl/N-ethyl adjacent to an activating group) is 1. The van der Waals surface area contributed by atoms with Crippen molar-refractivity contribution in [3.63, 3.8) is 0 Å². The summed E-state index contributed by atoms with van der Waals surface area (Å²) in [6, 6.07) is 2.45. The minimum atomic E-state index is -0.648. The standard InChI is InChI=1S/C11H17N5O2/c1-6(11(18)16(2)3)14-10-7(12)4-5-8(15-10)9(13)17/h4-6H,12H2,1-3H3,(H2,13,17)(H,14,15). The van der Waals surface area contributed by atoms with E-state index in [0.717, 1.165) is 0 Å². The molecule has 0 bridgehead atoms. The number of aromatic nitrogens is 1. The smallest absolute Gasteiger partial charge is 0.267 e. The molecule has 1 unspecified atom stereocenters. The van der Waals surface area contributed by atoms with Gasteiger partial charge in [0.1, 0.15) is 11.7 Å². The largest absolute Gasteiger partial charge is 0.396 e. The highest BCUT2D eigenvalue weighted by Crippen LogP contribution is 2.16. The van der Waals surface area contributed by atoms with Gasteiger partial charge in [-0.2, -0.15) is 0 Å². The van der Waals surface area contributed by atoms with Crippen molar-refractivity contribution in [2.45, 2.75) is 13.0 Å². The fourth-order valence-corrected chi connectivity index (χ4v) is 1.38. The molecule has 98 valence electrons. The molecule has 0 saturated heterocycles.